The Morgan fingerprint density at radius 3 is 2.83 bits per heavy atom. The third-order valence-electron chi connectivity index (χ3n) is 3.39. The predicted molar refractivity (Wildman–Crippen MR) is 80.4 cm³/mol. The number of halogens is 2. The maximum atomic E-state index is 14.2. The fraction of sp³-hybridized carbons (Fsp3) is 0.571. The molecule has 1 aliphatic heterocycles. The van der Waals surface area contributed by atoms with Crippen molar-refractivity contribution < 1.29 is 4.39 Å². The molecule has 1 heterocycles. The van der Waals surface area contributed by atoms with E-state index in [4.69, 9.17) is 0 Å². The molecule has 18 heavy (non-hydrogen) atoms. The predicted octanol–water partition coefficient (Wildman–Crippen LogP) is 4.51. The summed E-state index contributed by atoms with van der Waals surface area (Å²) in [5, 5.41) is 3.89. The molecule has 0 fully saturated rings. The van der Waals surface area contributed by atoms with Crippen LogP contribution in [0.3, 0.4) is 0 Å². The summed E-state index contributed by atoms with van der Waals surface area (Å²) in [7, 11) is 0. The number of hydrogen-bond acceptors (Lipinski definition) is 2. The van der Waals surface area contributed by atoms with E-state index in [1.807, 2.05) is 17.8 Å². The highest BCUT2D eigenvalue weighted by atomic mass is 79.9. The average molecular weight is 332 g/mol. The fourth-order valence-electron chi connectivity index (χ4n) is 2.55. The Bertz CT molecular complexity index is 436. The largest absolute Gasteiger partial charge is 0.309 e. The molecule has 1 aliphatic rings. The average Bonchev–Trinajstić information content (AvgIpc) is 2.34. The Labute approximate surface area is 121 Å². The van der Waals surface area contributed by atoms with Crippen LogP contribution in [0, 0.1) is 11.7 Å². The van der Waals surface area contributed by atoms with Gasteiger partial charge in [-0.05, 0) is 30.2 Å². The van der Waals surface area contributed by atoms with Crippen molar-refractivity contribution in [1.82, 2.24) is 5.32 Å². The molecule has 0 bridgehead atoms. The van der Waals surface area contributed by atoms with Gasteiger partial charge < -0.3 is 5.32 Å². The molecule has 100 valence electrons. The monoisotopic (exact) mass is 331 g/mol. The number of fused-ring (bicyclic) bond motifs is 1. The third-order valence-corrected chi connectivity index (χ3v) is 5.79. The van der Waals surface area contributed by atoms with Gasteiger partial charge in [0.25, 0.3) is 0 Å². The van der Waals surface area contributed by atoms with Crippen LogP contribution in [0.1, 0.15) is 37.9 Å². The minimum atomic E-state index is -0.0786. The number of nitrogens with one attached hydrogen (secondary N) is 1. The first-order valence-electron chi connectivity index (χ1n) is 6.38. The van der Waals surface area contributed by atoms with Gasteiger partial charge in [0.15, 0.2) is 0 Å². The molecule has 0 spiro atoms. The highest BCUT2D eigenvalue weighted by Crippen LogP contribution is 2.44. The van der Waals surface area contributed by atoms with Crippen LogP contribution in [0.4, 0.5) is 4.39 Å². The maximum Gasteiger partial charge on any atom is 0.128 e. The first-order chi connectivity index (χ1) is 8.56. The Kier molecular flexibility index (Phi) is 4.73. The minimum absolute atomic E-state index is 0.0786. The van der Waals surface area contributed by atoms with Crippen LogP contribution >= 0.6 is 27.7 Å². The van der Waals surface area contributed by atoms with Crippen LogP contribution in [0.15, 0.2) is 16.6 Å². The minimum Gasteiger partial charge on any atom is -0.309 e. The van der Waals surface area contributed by atoms with Crippen LogP contribution in [-0.4, -0.2) is 11.8 Å². The Morgan fingerprint density at radius 1 is 1.50 bits per heavy atom. The summed E-state index contributed by atoms with van der Waals surface area (Å²) in [6.45, 7) is 7.36. The molecule has 4 heteroatoms. The highest BCUT2D eigenvalue weighted by Gasteiger charge is 2.34. The molecule has 2 atom stereocenters. The standard InChI is InChI=1S/C14H19BrFNS/c1-4-17-13-12-9(7-18-14(13)8(2)3)10(15)5-6-11(12)16/h5-6,8,13-14,17H,4,7H2,1-3H3. The second kappa shape index (κ2) is 5.93. The van der Waals surface area contributed by atoms with E-state index in [9.17, 15) is 4.39 Å². The molecule has 0 saturated carbocycles. The van der Waals surface area contributed by atoms with Gasteiger partial charge in [0.05, 0.1) is 0 Å². The molecule has 1 aromatic carbocycles. The molecule has 1 nitrogen and oxygen atoms in total. The van der Waals surface area contributed by atoms with Gasteiger partial charge in [0.2, 0.25) is 0 Å². The smallest absolute Gasteiger partial charge is 0.128 e. The van der Waals surface area contributed by atoms with Crippen molar-refractivity contribution in [2.75, 3.05) is 6.54 Å². The first kappa shape index (κ1) is 14.4. The zero-order chi connectivity index (χ0) is 13.3. The molecule has 1 N–H and O–H groups in total. The van der Waals surface area contributed by atoms with Crippen molar-refractivity contribution in [2.45, 2.75) is 37.8 Å². The van der Waals surface area contributed by atoms with Gasteiger partial charge in [-0.1, -0.05) is 36.7 Å². The van der Waals surface area contributed by atoms with Crippen molar-refractivity contribution in [3.63, 3.8) is 0 Å². The second-order valence-corrected chi connectivity index (χ2v) is 7.00. The molecule has 2 unspecified atom stereocenters. The van der Waals surface area contributed by atoms with Crippen LogP contribution in [-0.2, 0) is 5.75 Å². The molecule has 0 radical (unpaired) electrons. The van der Waals surface area contributed by atoms with Gasteiger partial charge in [-0.15, -0.1) is 0 Å². The van der Waals surface area contributed by atoms with Crippen LogP contribution in [0.2, 0.25) is 0 Å². The van der Waals surface area contributed by atoms with Gasteiger partial charge >= 0.3 is 0 Å². The lowest BCUT2D eigenvalue weighted by Gasteiger charge is -2.36. The van der Waals surface area contributed by atoms with E-state index in [1.165, 1.54) is 0 Å². The SMILES string of the molecule is CCNC1c2c(F)ccc(Br)c2CSC1C(C)C. The van der Waals surface area contributed by atoms with E-state index in [0.29, 0.717) is 11.2 Å². The van der Waals surface area contributed by atoms with Crippen molar-refractivity contribution in [3.05, 3.63) is 33.5 Å². The van der Waals surface area contributed by atoms with E-state index in [1.54, 1.807) is 6.07 Å². The summed E-state index contributed by atoms with van der Waals surface area (Å²) in [5.74, 6) is 1.34. The summed E-state index contributed by atoms with van der Waals surface area (Å²) < 4.78 is 15.2. The van der Waals surface area contributed by atoms with Gasteiger partial charge in [-0.25, -0.2) is 4.39 Å². The van der Waals surface area contributed by atoms with Gasteiger partial charge in [0, 0.05) is 27.1 Å². The summed E-state index contributed by atoms with van der Waals surface area (Å²) >= 11 is 5.47. The van der Waals surface area contributed by atoms with Gasteiger partial charge in [0.1, 0.15) is 5.82 Å². The lowest BCUT2D eigenvalue weighted by Crippen LogP contribution is -2.37. The first-order valence-corrected chi connectivity index (χ1v) is 8.22. The second-order valence-electron chi connectivity index (χ2n) is 4.98. The molecule has 2 rings (SSSR count). The van der Waals surface area contributed by atoms with Gasteiger partial charge in [-0.2, -0.15) is 11.8 Å². The number of thioether (sulfide) groups is 1. The normalized spacial score (nSPS) is 23.2. The lowest BCUT2D eigenvalue weighted by atomic mass is 9.92. The summed E-state index contributed by atoms with van der Waals surface area (Å²) in [4.78, 5) is 0. The van der Waals surface area contributed by atoms with Crippen molar-refractivity contribution in [3.8, 4) is 0 Å². The zero-order valence-corrected chi connectivity index (χ0v) is 13.4. The fourth-order valence-corrected chi connectivity index (χ4v) is 4.70. The molecule has 1 aromatic rings. The highest BCUT2D eigenvalue weighted by molar-refractivity contribution is 9.10. The quantitative estimate of drug-likeness (QED) is 0.874. The number of rotatable bonds is 3. The number of benzene rings is 1. The van der Waals surface area contributed by atoms with Crippen molar-refractivity contribution in [2.24, 2.45) is 5.92 Å². The third kappa shape index (κ3) is 2.61. The van der Waals surface area contributed by atoms with E-state index in [0.717, 1.165) is 27.9 Å². The maximum absolute atomic E-state index is 14.2. The lowest BCUT2D eigenvalue weighted by molar-refractivity contribution is 0.430. The molecular weight excluding hydrogens is 313 g/mol. The van der Waals surface area contributed by atoms with Gasteiger partial charge in [-0.3, -0.25) is 0 Å². The molecule has 0 aliphatic carbocycles. The summed E-state index contributed by atoms with van der Waals surface area (Å²) in [5.41, 5.74) is 1.98. The Balaban J connectivity index is 2.48. The van der Waals surface area contributed by atoms with Crippen LogP contribution < -0.4 is 5.32 Å². The van der Waals surface area contributed by atoms with E-state index in [2.05, 4.69) is 42.0 Å². The van der Waals surface area contributed by atoms with Crippen molar-refractivity contribution in [1.29, 1.82) is 0 Å². The molecular formula is C14H19BrFNS. The summed E-state index contributed by atoms with van der Waals surface area (Å²) in [6.07, 6.45) is 0. The zero-order valence-electron chi connectivity index (χ0n) is 11.0. The van der Waals surface area contributed by atoms with E-state index in [-0.39, 0.29) is 11.9 Å². The van der Waals surface area contributed by atoms with E-state index < -0.39 is 0 Å². The topological polar surface area (TPSA) is 12.0 Å². The molecule has 0 aromatic heterocycles. The summed E-state index contributed by atoms with van der Waals surface area (Å²) in [6, 6.07) is 3.50. The molecule has 0 amide bonds. The van der Waals surface area contributed by atoms with Crippen molar-refractivity contribution >= 4 is 27.7 Å². The Morgan fingerprint density at radius 2 is 2.22 bits per heavy atom. The van der Waals surface area contributed by atoms with Crippen LogP contribution in [0.25, 0.3) is 0 Å². The van der Waals surface area contributed by atoms with Crippen LogP contribution in [0.5, 0.6) is 0 Å². The number of hydrogen-bond donors (Lipinski definition) is 1. The Hall–Kier alpha value is -0.0600. The molecule has 0 saturated heterocycles. The van der Waals surface area contributed by atoms with E-state index >= 15 is 0 Å².